The molecule has 0 saturated heterocycles. The molecule has 2 heterocycles. The van der Waals surface area contributed by atoms with Gasteiger partial charge in [-0.25, -0.2) is 4.39 Å². The summed E-state index contributed by atoms with van der Waals surface area (Å²) < 4.78 is 17.4. The zero-order chi connectivity index (χ0) is 6.27. The molecular weight excluding hydrogens is 119 g/mol. The Kier molecular flexibility index (Phi) is 0.781. The summed E-state index contributed by atoms with van der Waals surface area (Å²) in [5, 5.41) is 0. The van der Waals surface area contributed by atoms with Gasteiger partial charge >= 0.3 is 0 Å². The van der Waals surface area contributed by atoms with Gasteiger partial charge < -0.3 is 4.74 Å². The average Bonchev–Trinajstić information content (AvgIpc) is 1.90. The maximum absolute atomic E-state index is 12.5. The summed E-state index contributed by atoms with van der Waals surface area (Å²) >= 11 is 0. The van der Waals surface area contributed by atoms with Crippen LogP contribution in [-0.4, -0.2) is 0 Å². The molecule has 1 aromatic rings. The Morgan fingerprint density at radius 1 is 1.44 bits per heavy atom. The van der Waals surface area contributed by atoms with Crippen molar-refractivity contribution < 1.29 is 9.13 Å². The van der Waals surface area contributed by atoms with Crippen LogP contribution in [0.5, 0.6) is 5.75 Å². The van der Waals surface area contributed by atoms with Gasteiger partial charge in [-0.3, -0.25) is 0 Å². The highest BCUT2D eigenvalue weighted by atomic mass is 19.1. The number of ether oxygens (including phenoxy) is 1. The second-order valence-corrected chi connectivity index (χ2v) is 2.05. The van der Waals surface area contributed by atoms with E-state index in [0.717, 1.165) is 5.56 Å². The van der Waals surface area contributed by atoms with Crippen LogP contribution >= 0.6 is 0 Å². The molecule has 0 aliphatic carbocycles. The van der Waals surface area contributed by atoms with Gasteiger partial charge in [-0.1, -0.05) is 6.07 Å². The number of hydrogen-bond acceptors (Lipinski definition) is 1. The second-order valence-electron chi connectivity index (χ2n) is 2.05. The molecule has 0 N–H and O–H groups in total. The molecule has 2 aliphatic rings. The maximum atomic E-state index is 12.5. The van der Waals surface area contributed by atoms with E-state index in [1.165, 1.54) is 6.07 Å². The van der Waals surface area contributed by atoms with Crippen molar-refractivity contribution in [3.63, 3.8) is 0 Å². The fourth-order valence-corrected chi connectivity index (χ4v) is 0.912. The Morgan fingerprint density at radius 2 is 2.33 bits per heavy atom. The lowest BCUT2D eigenvalue weighted by molar-refractivity contribution is 0.274. The van der Waals surface area contributed by atoms with Crippen molar-refractivity contribution in [2.75, 3.05) is 0 Å². The van der Waals surface area contributed by atoms with Gasteiger partial charge in [0.1, 0.15) is 6.61 Å². The van der Waals surface area contributed by atoms with E-state index in [0.29, 0.717) is 12.4 Å². The van der Waals surface area contributed by atoms with E-state index in [4.69, 9.17) is 4.74 Å². The van der Waals surface area contributed by atoms with Gasteiger partial charge in [-0.15, -0.1) is 0 Å². The van der Waals surface area contributed by atoms with Gasteiger partial charge in [0.2, 0.25) is 0 Å². The number of hydrogen-bond donors (Lipinski definition) is 0. The molecule has 3 rings (SSSR count). The van der Waals surface area contributed by atoms with Crippen LogP contribution in [0.4, 0.5) is 4.39 Å². The van der Waals surface area contributed by atoms with Gasteiger partial charge in [-0.05, 0) is 17.7 Å². The quantitative estimate of drug-likeness (QED) is 0.511. The zero-order valence-electron chi connectivity index (χ0n) is 4.73. The van der Waals surface area contributed by atoms with Crippen LogP contribution in [0.15, 0.2) is 18.2 Å². The lowest BCUT2D eigenvalue weighted by Crippen LogP contribution is -2.04. The van der Waals surface area contributed by atoms with Crippen LogP contribution in [0.25, 0.3) is 0 Å². The Bertz CT molecular complexity index is 245. The fourth-order valence-electron chi connectivity index (χ4n) is 0.912. The van der Waals surface area contributed by atoms with E-state index >= 15 is 0 Å². The summed E-state index contributed by atoms with van der Waals surface area (Å²) in [6, 6.07) is 5.01. The predicted molar refractivity (Wildman–Crippen MR) is 30.7 cm³/mol. The van der Waals surface area contributed by atoms with E-state index in [9.17, 15) is 4.39 Å². The van der Waals surface area contributed by atoms with Crippen molar-refractivity contribution in [3.05, 3.63) is 29.6 Å². The van der Waals surface area contributed by atoms with E-state index in [-0.39, 0.29) is 5.82 Å². The normalized spacial score (nSPS) is 13.4. The summed E-state index contributed by atoms with van der Waals surface area (Å²) in [4.78, 5) is 0. The summed E-state index contributed by atoms with van der Waals surface area (Å²) in [7, 11) is 0. The third-order valence-electron chi connectivity index (χ3n) is 1.39. The topological polar surface area (TPSA) is 9.23 Å². The minimum atomic E-state index is -0.251. The molecule has 0 atom stereocenters. The van der Waals surface area contributed by atoms with Crippen molar-refractivity contribution in [2.24, 2.45) is 0 Å². The number of fused-ring (bicyclic) bond motifs is 3. The molecular formula is C7H5FO. The van der Waals surface area contributed by atoms with Crippen molar-refractivity contribution in [1.29, 1.82) is 0 Å². The first-order valence-corrected chi connectivity index (χ1v) is 2.77. The summed E-state index contributed by atoms with van der Waals surface area (Å²) in [5.74, 6) is 0.115. The number of benzene rings is 1. The van der Waals surface area contributed by atoms with Crippen molar-refractivity contribution in [1.82, 2.24) is 0 Å². The largest absolute Gasteiger partial charge is 0.486 e. The highest BCUT2D eigenvalue weighted by Crippen LogP contribution is 2.24. The summed E-state index contributed by atoms with van der Waals surface area (Å²) in [6.07, 6.45) is 0. The molecule has 0 unspecified atom stereocenters. The van der Waals surface area contributed by atoms with Gasteiger partial charge in [0, 0.05) is 0 Å². The van der Waals surface area contributed by atoms with Crippen molar-refractivity contribution in [3.8, 4) is 5.75 Å². The molecule has 0 aromatic heterocycles. The van der Waals surface area contributed by atoms with Gasteiger partial charge in [-0.2, -0.15) is 0 Å². The first-order valence-electron chi connectivity index (χ1n) is 2.77. The van der Waals surface area contributed by atoms with E-state index in [1.54, 1.807) is 6.07 Å². The average molecular weight is 124 g/mol. The van der Waals surface area contributed by atoms with Crippen LogP contribution in [0.3, 0.4) is 0 Å². The smallest absolute Gasteiger partial charge is 0.165 e. The molecule has 9 heavy (non-hydrogen) atoms. The molecule has 2 aliphatic heterocycles. The molecule has 1 nitrogen and oxygen atoms in total. The maximum Gasteiger partial charge on any atom is 0.165 e. The minimum absolute atomic E-state index is 0.251. The van der Waals surface area contributed by atoms with Gasteiger partial charge in [0.25, 0.3) is 0 Å². The SMILES string of the molecule is Fc1cc2ccc1OC2. The van der Waals surface area contributed by atoms with E-state index in [2.05, 4.69) is 0 Å². The van der Waals surface area contributed by atoms with Crippen LogP contribution in [-0.2, 0) is 6.61 Å². The second kappa shape index (κ2) is 1.47. The lowest BCUT2D eigenvalue weighted by Gasteiger charge is -2.13. The predicted octanol–water partition coefficient (Wildman–Crippen LogP) is 1.72. The Labute approximate surface area is 52.1 Å². The fraction of sp³-hybridized carbons (Fsp3) is 0.143. The van der Waals surface area contributed by atoms with Crippen molar-refractivity contribution in [2.45, 2.75) is 6.61 Å². The Hall–Kier alpha value is -1.05. The van der Waals surface area contributed by atoms with E-state index < -0.39 is 0 Å². The lowest BCUT2D eigenvalue weighted by atomic mass is 10.2. The van der Waals surface area contributed by atoms with Gasteiger partial charge in [0.05, 0.1) is 0 Å². The first kappa shape index (κ1) is 4.79. The molecule has 46 valence electrons. The monoisotopic (exact) mass is 124 g/mol. The molecule has 1 aromatic carbocycles. The summed E-state index contributed by atoms with van der Waals surface area (Å²) in [6.45, 7) is 0.527. The van der Waals surface area contributed by atoms with E-state index in [1.807, 2.05) is 6.07 Å². The van der Waals surface area contributed by atoms with Crippen LogP contribution in [0, 0.1) is 5.82 Å². The Morgan fingerprint density at radius 3 is 2.56 bits per heavy atom. The van der Waals surface area contributed by atoms with Crippen molar-refractivity contribution >= 4 is 0 Å². The molecule has 0 spiro atoms. The number of rotatable bonds is 0. The molecule has 0 saturated carbocycles. The first-order chi connectivity index (χ1) is 4.36. The minimum Gasteiger partial charge on any atom is -0.486 e. The molecule has 0 radical (unpaired) electrons. The summed E-state index contributed by atoms with van der Waals surface area (Å²) in [5.41, 5.74) is 0.905. The zero-order valence-corrected chi connectivity index (χ0v) is 4.73. The third kappa shape index (κ3) is 0.593. The Balaban J connectivity index is 2.70. The highest BCUT2D eigenvalue weighted by molar-refractivity contribution is 5.32. The molecule has 2 heteroatoms. The van der Waals surface area contributed by atoms with Crippen LogP contribution in [0.2, 0.25) is 0 Å². The van der Waals surface area contributed by atoms with Crippen LogP contribution in [0.1, 0.15) is 5.56 Å². The molecule has 0 amide bonds. The standard InChI is InChI=1S/C7H5FO/c8-6-3-5-1-2-7(6)9-4-5/h1-3H,4H2. The third-order valence-corrected chi connectivity index (χ3v) is 1.39. The molecule has 0 fully saturated rings. The molecule has 2 bridgehead atoms. The number of halogens is 1. The van der Waals surface area contributed by atoms with Gasteiger partial charge in [0.15, 0.2) is 11.6 Å². The highest BCUT2D eigenvalue weighted by Gasteiger charge is 2.10. The van der Waals surface area contributed by atoms with Crippen LogP contribution < -0.4 is 4.74 Å².